The molecular formula is C16H26N2O2. The van der Waals surface area contributed by atoms with E-state index in [0.717, 1.165) is 44.6 Å². The molecule has 1 aromatic carbocycles. The van der Waals surface area contributed by atoms with Crippen molar-refractivity contribution < 1.29 is 9.53 Å². The van der Waals surface area contributed by atoms with Gasteiger partial charge >= 0.3 is 0 Å². The minimum Gasteiger partial charge on any atom is -0.494 e. The number of unbranched alkanes of at least 4 members (excludes halogenated alkanes) is 2. The van der Waals surface area contributed by atoms with Crippen LogP contribution < -0.4 is 15.8 Å². The van der Waals surface area contributed by atoms with Gasteiger partial charge in [-0.1, -0.05) is 25.1 Å². The lowest BCUT2D eigenvalue weighted by atomic mass is 10.1. The van der Waals surface area contributed by atoms with Crippen LogP contribution >= 0.6 is 0 Å². The molecule has 0 fully saturated rings. The minimum absolute atomic E-state index is 0.216. The maximum atomic E-state index is 10.8. The Morgan fingerprint density at radius 2 is 2.00 bits per heavy atom. The monoisotopic (exact) mass is 278 g/mol. The standard InChI is InChI=1S/C16H26N2O2/c1-2-14(13-16(17)19)18-11-7-4-8-12-20-15-9-5-3-6-10-15/h3,5-6,9-10,14,18H,2,4,7-8,11-13H2,1H3,(H2,17,19). The van der Waals surface area contributed by atoms with Crippen LogP contribution in [-0.4, -0.2) is 25.1 Å². The Morgan fingerprint density at radius 1 is 1.25 bits per heavy atom. The van der Waals surface area contributed by atoms with E-state index >= 15 is 0 Å². The van der Waals surface area contributed by atoms with Crippen molar-refractivity contribution >= 4 is 5.91 Å². The van der Waals surface area contributed by atoms with Gasteiger partial charge in [-0.25, -0.2) is 0 Å². The van der Waals surface area contributed by atoms with E-state index in [4.69, 9.17) is 10.5 Å². The summed E-state index contributed by atoms with van der Waals surface area (Å²) in [6, 6.07) is 10.1. The first kappa shape index (κ1) is 16.5. The lowest BCUT2D eigenvalue weighted by Gasteiger charge is -2.14. The number of rotatable bonds is 11. The van der Waals surface area contributed by atoms with Gasteiger partial charge in [-0.3, -0.25) is 4.79 Å². The second kappa shape index (κ2) is 10.3. The summed E-state index contributed by atoms with van der Waals surface area (Å²) in [5.41, 5.74) is 5.20. The van der Waals surface area contributed by atoms with Gasteiger partial charge in [-0.15, -0.1) is 0 Å². The van der Waals surface area contributed by atoms with Crippen LogP contribution in [-0.2, 0) is 4.79 Å². The molecule has 0 aliphatic carbocycles. The lowest BCUT2D eigenvalue weighted by Crippen LogP contribution is -2.33. The molecule has 1 aromatic rings. The van der Waals surface area contributed by atoms with E-state index in [9.17, 15) is 4.79 Å². The Morgan fingerprint density at radius 3 is 2.65 bits per heavy atom. The van der Waals surface area contributed by atoms with Crippen LogP contribution in [0.4, 0.5) is 0 Å². The summed E-state index contributed by atoms with van der Waals surface area (Å²) in [4.78, 5) is 10.8. The van der Waals surface area contributed by atoms with E-state index in [2.05, 4.69) is 12.2 Å². The number of nitrogens with one attached hydrogen (secondary N) is 1. The first-order valence-corrected chi connectivity index (χ1v) is 7.42. The number of carbonyl (C=O) groups excluding carboxylic acids is 1. The molecule has 0 saturated heterocycles. The largest absolute Gasteiger partial charge is 0.494 e. The van der Waals surface area contributed by atoms with Crippen molar-refractivity contribution in [3.63, 3.8) is 0 Å². The van der Waals surface area contributed by atoms with Gasteiger partial charge in [0.05, 0.1) is 6.61 Å². The molecule has 20 heavy (non-hydrogen) atoms. The molecule has 0 saturated carbocycles. The maximum Gasteiger partial charge on any atom is 0.218 e. The van der Waals surface area contributed by atoms with Crippen LogP contribution in [0.15, 0.2) is 30.3 Å². The van der Waals surface area contributed by atoms with E-state index in [-0.39, 0.29) is 11.9 Å². The molecule has 0 bridgehead atoms. The topological polar surface area (TPSA) is 64.4 Å². The molecule has 1 amide bonds. The molecule has 4 heteroatoms. The highest BCUT2D eigenvalue weighted by atomic mass is 16.5. The zero-order chi connectivity index (χ0) is 14.6. The number of ether oxygens (including phenoxy) is 1. The predicted molar refractivity (Wildman–Crippen MR) is 81.7 cm³/mol. The Hall–Kier alpha value is -1.55. The molecule has 0 aliphatic heterocycles. The summed E-state index contributed by atoms with van der Waals surface area (Å²) >= 11 is 0. The molecule has 3 N–H and O–H groups in total. The van der Waals surface area contributed by atoms with Gasteiger partial charge in [0.1, 0.15) is 5.75 Å². The first-order valence-electron chi connectivity index (χ1n) is 7.42. The molecule has 0 aliphatic rings. The zero-order valence-corrected chi connectivity index (χ0v) is 12.3. The van der Waals surface area contributed by atoms with Gasteiger partial charge in [0.25, 0.3) is 0 Å². The normalized spacial score (nSPS) is 12.1. The summed E-state index contributed by atoms with van der Waals surface area (Å²) in [5, 5.41) is 3.37. The van der Waals surface area contributed by atoms with Gasteiger partial charge in [-0.2, -0.15) is 0 Å². The summed E-state index contributed by atoms with van der Waals surface area (Å²) < 4.78 is 5.63. The second-order valence-electron chi connectivity index (χ2n) is 4.95. The summed E-state index contributed by atoms with van der Waals surface area (Å²) in [5.74, 6) is 0.693. The minimum atomic E-state index is -0.236. The van der Waals surface area contributed by atoms with Crippen LogP contribution in [0.1, 0.15) is 39.0 Å². The molecule has 112 valence electrons. The fourth-order valence-corrected chi connectivity index (χ4v) is 2.02. The number of primary amides is 1. The Balaban J connectivity index is 1.98. The van der Waals surface area contributed by atoms with Crippen LogP contribution in [0.25, 0.3) is 0 Å². The van der Waals surface area contributed by atoms with Crippen molar-refractivity contribution in [2.45, 2.75) is 45.1 Å². The fraction of sp³-hybridized carbons (Fsp3) is 0.562. The average molecular weight is 278 g/mol. The van der Waals surface area contributed by atoms with Crippen molar-refractivity contribution in [1.29, 1.82) is 0 Å². The predicted octanol–water partition coefficient (Wildman–Crippen LogP) is 2.48. The Labute approximate surface area is 121 Å². The number of amides is 1. The molecule has 0 radical (unpaired) electrons. The van der Waals surface area contributed by atoms with Crippen molar-refractivity contribution in [1.82, 2.24) is 5.32 Å². The molecule has 0 heterocycles. The molecule has 1 unspecified atom stereocenters. The lowest BCUT2D eigenvalue weighted by molar-refractivity contribution is -0.118. The van der Waals surface area contributed by atoms with E-state index in [1.54, 1.807) is 0 Å². The smallest absolute Gasteiger partial charge is 0.218 e. The second-order valence-corrected chi connectivity index (χ2v) is 4.95. The van der Waals surface area contributed by atoms with Crippen molar-refractivity contribution in [3.05, 3.63) is 30.3 Å². The molecule has 0 spiro atoms. The SMILES string of the molecule is CCC(CC(N)=O)NCCCCCOc1ccccc1. The van der Waals surface area contributed by atoms with Crippen molar-refractivity contribution in [2.75, 3.05) is 13.2 Å². The van der Waals surface area contributed by atoms with Crippen LogP contribution in [0.3, 0.4) is 0 Å². The number of hydrogen-bond donors (Lipinski definition) is 2. The van der Waals surface area contributed by atoms with E-state index in [1.165, 1.54) is 0 Å². The van der Waals surface area contributed by atoms with Gasteiger partial charge in [-0.05, 0) is 44.4 Å². The molecule has 1 rings (SSSR count). The van der Waals surface area contributed by atoms with Crippen molar-refractivity contribution in [2.24, 2.45) is 5.73 Å². The zero-order valence-electron chi connectivity index (χ0n) is 12.3. The van der Waals surface area contributed by atoms with Gasteiger partial charge in [0.15, 0.2) is 0 Å². The average Bonchev–Trinajstić information content (AvgIpc) is 2.45. The van der Waals surface area contributed by atoms with E-state index in [0.29, 0.717) is 6.42 Å². The Kier molecular flexibility index (Phi) is 8.47. The number of carbonyl (C=O) groups is 1. The summed E-state index contributed by atoms with van der Waals surface area (Å²) in [7, 11) is 0. The van der Waals surface area contributed by atoms with Crippen LogP contribution in [0.5, 0.6) is 5.75 Å². The van der Waals surface area contributed by atoms with Crippen molar-refractivity contribution in [3.8, 4) is 5.75 Å². The number of benzene rings is 1. The van der Waals surface area contributed by atoms with Crippen LogP contribution in [0.2, 0.25) is 0 Å². The third kappa shape index (κ3) is 7.79. The highest BCUT2D eigenvalue weighted by Crippen LogP contribution is 2.09. The maximum absolute atomic E-state index is 10.8. The van der Waals surface area contributed by atoms with E-state index < -0.39 is 0 Å². The highest BCUT2D eigenvalue weighted by molar-refractivity contribution is 5.74. The quantitative estimate of drug-likeness (QED) is 0.611. The van der Waals surface area contributed by atoms with Crippen LogP contribution in [0, 0.1) is 0 Å². The van der Waals surface area contributed by atoms with Gasteiger partial charge < -0.3 is 15.8 Å². The van der Waals surface area contributed by atoms with E-state index in [1.807, 2.05) is 30.3 Å². The Bertz CT molecular complexity index is 368. The fourth-order valence-electron chi connectivity index (χ4n) is 2.02. The summed E-state index contributed by atoms with van der Waals surface area (Å²) in [6.07, 6.45) is 4.61. The third-order valence-electron chi connectivity index (χ3n) is 3.21. The third-order valence-corrected chi connectivity index (χ3v) is 3.21. The highest BCUT2D eigenvalue weighted by Gasteiger charge is 2.07. The molecule has 4 nitrogen and oxygen atoms in total. The number of para-hydroxylation sites is 1. The van der Waals surface area contributed by atoms with Gasteiger partial charge in [0.2, 0.25) is 5.91 Å². The molecular weight excluding hydrogens is 252 g/mol. The van der Waals surface area contributed by atoms with Gasteiger partial charge in [0, 0.05) is 12.5 Å². The first-order chi connectivity index (χ1) is 9.72. The number of nitrogens with two attached hydrogens (primary N) is 1. The molecule has 0 aromatic heterocycles. The number of hydrogen-bond acceptors (Lipinski definition) is 3. The molecule has 1 atom stereocenters. The summed E-state index contributed by atoms with van der Waals surface area (Å²) in [6.45, 7) is 3.74.